The van der Waals surface area contributed by atoms with Crippen LogP contribution in [0.2, 0.25) is 0 Å². The van der Waals surface area contributed by atoms with E-state index in [2.05, 4.69) is 0 Å². The summed E-state index contributed by atoms with van der Waals surface area (Å²) in [7, 11) is -2.30. The lowest BCUT2D eigenvalue weighted by atomic mass is 9.84. The van der Waals surface area contributed by atoms with Gasteiger partial charge in [0, 0.05) is 5.92 Å². The number of ether oxygens (including phenoxy) is 5. The van der Waals surface area contributed by atoms with Gasteiger partial charge in [-0.25, -0.2) is 0 Å². The molecule has 3 heterocycles. The summed E-state index contributed by atoms with van der Waals surface area (Å²) in [4.78, 5) is 12.8. The Bertz CT molecular complexity index is 1140. The molecule has 0 aliphatic carbocycles. The summed E-state index contributed by atoms with van der Waals surface area (Å²) in [5.41, 5.74) is 1.50. The summed E-state index contributed by atoms with van der Waals surface area (Å²) < 4.78 is 55.6. The fraction of sp³-hybridized carbons (Fsp3) is 0.381. The van der Waals surface area contributed by atoms with Crippen LogP contribution in [0.4, 0.5) is 0 Å². The molecular weight excluding hydrogens is 428 g/mol. The summed E-state index contributed by atoms with van der Waals surface area (Å²) in [6, 6.07) is 10.3. The van der Waals surface area contributed by atoms with E-state index >= 15 is 0 Å². The van der Waals surface area contributed by atoms with Gasteiger partial charge in [0.25, 0.3) is 0 Å². The van der Waals surface area contributed by atoms with Crippen molar-refractivity contribution < 1.29 is 41.1 Å². The van der Waals surface area contributed by atoms with Gasteiger partial charge in [-0.2, -0.15) is 8.42 Å². The molecule has 0 N–H and O–H groups in total. The van der Waals surface area contributed by atoms with E-state index < -0.39 is 28.2 Å². The largest absolute Gasteiger partial charge is 0.493 e. The maximum absolute atomic E-state index is 12.8. The topological polar surface area (TPSA) is 107 Å². The fourth-order valence-electron chi connectivity index (χ4n) is 4.31. The van der Waals surface area contributed by atoms with E-state index in [1.807, 2.05) is 12.1 Å². The monoisotopic (exact) mass is 448 g/mol. The summed E-state index contributed by atoms with van der Waals surface area (Å²) in [5.74, 6) is 0.569. The molecule has 5 rings (SSSR count). The maximum Gasteiger partial charge on any atom is 0.313 e. The zero-order valence-electron chi connectivity index (χ0n) is 16.8. The van der Waals surface area contributed by atoms with Crippen LogP contribution in [0.15, 0.2) is 36.4 Å². The number of cyclic esters (lactones) is 1. The van der Waals surface area contributed by atoms with E-state index in [0.717, 1.165) is 11.8 Å². The van der Waals surface area contributed by atoms with Crippen LogP contribution < -0.4 is 18.4 Å². The van der Waals surface area contributed by atoms with Crippen LogP contribution in [0.5, 0.6) is 23.0 Å². The van der Waals surface area contributed by atoms with Crippen molar-refractivity contribution in [1.82, 2.24) is 0 Å². The molecule has 0 unspecified atom stereocenters. The van der Waals surface area contributed by atoms with Crippen molar-refractivity contribution in [2.75, 3.05) is 26.8 Å². The Balaban J connectivity index is 1.42. The first-order valence-corrected chi connectivity index (χ1v) is 11.4. The van der Waals surface area contributed by atoms with Crippen molar-refractivity contribution in [1.29, 1.82) is 0 Å². The van der Waals surface area contributed by atoms with Gasteiger partial charge in [0.05, 0.1) is 32.0 Å². The second-order valence-corrected chi connectivity index (χ2v) is 9.19. The number of methoxy groups -OCH3 is 1. The second-order valence-electron chi connectivity index (χ2n) is 7.61. The Morgan fingerprint density at radius 1 is 0.968 bits per heavy atom. The molecule has 3 aliphatic rings. The van der Waals surface area contributed by atoms with Crippen LogP contribution in [-0.2, 0) is 24.4 Å². The second kappa shape index (κ2) is 7.31. The zero-order valence-corrected chi connectivity index (χ0v) is 17.6. The highest BCUT2D eigenvalue weighted by atomic mass is 32.2. The van der Waals surface area contributed by atoms with Crippen LogP contribution in [0.3, 0.4) is 0 Å². The molecule has 3 aliphatic heterocycles. The molecule has 2 aromatic rings. The molecule has 31 heavy (non-hydrogen) atoms. The first-order chi connectivity index (χ1) is 14.8. The average Bonchev–Trinajstić information content (AvgIpc) is 3.43. The number of fused-ring (bicyclic) bond motifs is 2. The summed E-state index contributed by atoms with van der Waals surface area (Å²) in [6.45, 7) is 0.505. The lowest BCUT2D eigenvalue weighted by Gasteiger charge is -2.17. The minimum Gasteiger partial charge on any atom is -0.493 e. The summed E-state index contributed by atoms with van der Waals surface area (Å²) >= 11 is 0. The molecule has 0 aromatic heterocycles. The molecule has 0 bridgehead atoms. The highest BCUT2D eigenvalue weighted by Crippen LogP contribution is 2.52. The van der Waals surface area contributed by atoms with Gasteiger partial charge in [-0.15, -0.1) is 0 Å². The quantitative estimate of drug-likeness (QED) is 0.503. The Labute approximate surface area is 178 Å². The van der Waals surface area contributed by atoms with Crippen LogP contribution in [0.25, 0.3) is 0 Å². The first kappa shape index (κ1) is 20.0. The molecule has 0 radical (unpaired) electrons. The van der Waals surface area contributed by atoms with Gasteiger partial charge in [-0.05, 0) is 35.4 Å². The van der Waals surface area contributed by atoms with Crippen molar-refractivity contribution in [3.63, 3.8) is 0 Å². The predicted octanol–water partition coefficient (Wildman–Crippen LogP) is 2.36. The Morgan fingerprint density at radius 3 is 2.48 bits per heavy atom. The highest BCUT2D eigenvalue weighted by molar-refractivity contribution is 7.86. The Morgan fingerprint density at radius 2 is 1.71 bits per heavy atom. The molecule has 0 saturated carbocycles. The number of esters is 1. The Kier molecular flexibility index (Phi) is 4.71. The van der Waals surface area contributed by atoms with Crippen molar-refractivity contribution >= 4 is 16.1 Å². The third-order valence-electron chi connectivity index (χ3n) is 5.64. The van der Waals surface area contributed by atoms with Crippen molar-refractivity contribution in [2.24, 2.45) is 11.8 Å². The van der Waals surface area contributed by atoms with Crippen molar-refractivity contribution in [2.45, 2.75) is 12.2 Å². The van der Waals surface area contributed by atoms with E-state index in [1.54, 1.807) is 18.2 Å². The number of carbonyl (C=O) groups excluding carboxylic acids is 1. The van der Waals surface area contributed by atoms with Gasteiger partial charge in [0.15, 0.2) is 23.0 Å². The first-order valence-electron chi connectivity index (χ1n) is 9.63. The van der Waals surface area contributed by atoms with Crippen LogP contribution in [-0.4, -0.2) is 41.2 Å². The SMILES string of the molecule is COc1cc([C@H]2OC(=O)[C@H]3[C@@H]2CO[C@H]3c2ccc3c(c2)OCO3)ccc1OS(C)(=O)=O. The van der Waals surface area contributed by atoms with E-state index in [0.29, 0.717) is 23.7 Å². The average molecular weight is 448 g/mol. The summed E-state index contributed by atoms with van der Waals surface area (Å²) in [6.07, 6.45) is -0.0417. The van der Waals surface area contributed by atoms with Gasteiger partial charge in [0.2, 0.25) is 6.79 Å². The van der Waals surface area contributed by atoms with Gasteiger partial charge >= 0.3 is 16.1 Å². The number of hydrogen-bond donors (Lipinski definition) is 0. The molecule has 2 fully saturated rings. The predicted molar refractivity (Wildman–Crippen MR) is 106 cm³/mol. The molecule has 0 amide bonds. The molecule has 10 heteroatoms. The normalized spacial score (nSPS) is 26.5. The molecule has 9 nitrogen and oxygen atoms in total. The standard InChI is InChI=1S/C21H20O9S/c1-25-16-7-11(4-6-15(16)30-31(2,23)24)19-13-9-26-20(18(13)21(22)29-19)12-3-5-14-17(8-12)28-10-27-14/h3-8,13,18-20H,9-10H2,1-2H3/t13-,18-,19+,20-/m0/s1. The molecule has 4 atom stereocenters. The minimum atomic E-state index is -3.71. The molecule has 0 spiro atoms. The summed E-state index contributed by atoms with van der Waals surface area (Å²) in [5, 5.41) is 0. The number of benzene rings is 2. The third kappa shape index (κ3) is 3.55. The van der Waals surface area contributed by atoms with Crippen LogP contribution >= 0.6 is 0 Å². The highest BCUT2D eigenvalue weighted by Gasteiger charge is 2.54. The lowest BCUT2D eigenvalue weighted by Crippen LogP contribution is -2.17. The number of hydrogen-bond acceptors (Lipinski definition) is 9. The van der Waals surface area contributed by atoms with Crippen molar-refractivity contribution in [3.8, 4) is 23.0 Å². The van der Waals surface area contributed by atoms with E-state index in [9.17, 15) is 13.2 Å². The van der Waals surface area contributed by atoms with Crippen LogP contribution in [0.1, 0.15) is 23.3 Å². The molecule has 2 aromatic carbocycles. The minimum absolute atomic E-state index is 0.0653. The molecule has 2 saturated heterocycles. The number of carbonyl (C=O) groups is 1. The van der Waals surface area contributed by atoms with Gasteiger partial charge in [-0.1, -0.05) is 12.1 Å². The zero-order chi connectivity index (χ0) is 21.8. The fourth-order valence-corrected chi connectivity index (χ4v) is 4.78. The smallest absolute Gasteiger partial charge is 0.313 e. The van der Waals surface area contributed by atoms with E-state index in [-0.39, 0.29) is 30.2 Å². The third-order valence-corrected chi connectivity index (χ3v) is 6.12. The van der Waals surface area contributed by atoms with Gasteiger partial charge < -0.3 is 27.9 Å². The maximum atomic E-state index is 12.8. The van der Waals surface area contributed by atoms with E-state index in [1.165, 1.54) is 13.2 Å². The molecular formula is C21H20O9S. The van der Waals surface area contributed by atoms with Gasteiger partial charge in [-0.3, -0.25) is 4.79 Å². The van der Waals surface area contributed by atoms with E-state index in [4.69, 9.17) is 27.9 Å². The van der Waals surface area contributed by atoms with Gasteiger partial charge in [0.1, 0.15) is 6.10 Å². The number of rotatable bonds is 5. The van der Waals surface area contributed by atoms with Crippen LogP contribution in [0, 0.1) is 11.8 Å². The molecule has 164 valence electrons. The Hall–Kier alpha value is -2.98. The van der Waals surface area contributed by atoms with Crippen molar-refractivity contribution in [3.05, 3.63) is 47.5 Å². The lowest BCUT2D eigenvalue weighted by molar-refractivity contribution is -0.148.